The molecule has 166 valence electrons. The van der Waals surface area contributed by atoms with Crippen LogP contribution in [0.25, 0.3) is 22.3 Å². The summed E-state index contributed by atoms with van der Waals surface area (Å²) in [6, 6.07) is 12.4. The van der Waals surface area contributed by atoms with Crippen LogP contribution in [0.4, 0.5) is 0 Å². The van der Waals surface area contributed by atoms with Crippen molar-refractivity contribution in [2.45, 2.75) is 25.4 Å². The second kappa shape index (κ2) is 9.10. The second-order valence-electron chi connectivity index (χ2n) is 8.09. The number of para-hydroxylation sites is 1. The maximum absolute atomic E-state index is 5.69. The fourth-order valence-corrected chi connectivity index (χ4v) is 4.38. The summed E-state index contributed by atoms with van der Waals surface area (Å²) in [7, 11) is 3.74. The standard InChI is InChI=1S/C24H27N5O3/c1-28-15-18(19-6-3-4-7-20(19)28)16-29-11-5-8-21(29)24-26-23(27-32-24)17-9-10-22(25-14-17)31-13-12-30-2/h3-4,6-7,9-10,14-15,21H,5,8,11-13,16H2,1-2H3. The van der Waals surface area contributed by atoms with Crippen LogP contribution in [0, 0.1) is 0 Å². The molecule has 32 heavy (non-hydrogen) atoms. The number of ether oxygens (including phenoxy) is 2. The summed E-state index contributed by atoms with van der Waals surface area (Å²) in [4.78, 5) is 11.5. The second-order valence-corrected chi connectivity index (χ2v) is 8.09. The summed E-state index contributed by atoms with van der Waals surface area (Å²) < 4.78 is 18.4. The van der Waals surface area contributed by atoms with Crippen molar-refractivity contribution in [3.63, 3.8) is 0 Å². The number of fused-ring (bicyclic) bond motifs is 1. The number of hydrogen-bond acceptors (Lipinski definition) is 7. The predicted octanol–water partition coefficient (Wildman–Crippen LogP) is 3.99. The molecule has 1 saturated heterocycles. The van der Waals surface area contributed by atoms with Crippen LogP contribution in [-0.2, 0) is 18.3 Å². The molecule has 3 aromatic heterocycles. The SMILES string of the molecule is COCCOc1ccc(-c2noc(C3CCCN3Cc3cn(C)c4ccccc34)n2)cn1. The van der Waals surface area contributed by atoms with Gasteiger partial charge in [0.25, 0.3) is 0 Å². The van der Waals surface area contributed by atoms with Crippen LogP contribution in [0.15, 0.2) is 53.3 Å². The number of hydrogen-bond donors (Lipinski definition) is 0. The number of pyridine rings is 1. The normalized spacial score (nSPS) is 16.8. The summed E-state index contributed by atoms with van der Waals surface area (Å²) in [5, 5.41) is 5.51. The average molecular weight is 434 g/mol. The number of methoxy groups -OCH3 is 1. The maximum atomic E-state index is 5.69. The maximum Gasteiger partial charge on any atom is 0.244 e. The molecule has 1 aromatic carbocycles. The van der Waals surface area contributed by atoms with Gasteiger partial charge in [0.1, 0.15) is 6.61 Å². The van der Waals surface area contributed by atoms with E-state index in [0.717, 1.165) is 31.5 Å². The Balaban J connectivity index is 1.31. The zero-order chi connectivity index (χ0) is 21.9. The van der Waals surface area contributed by atoms with E-state index in [2.05, 4.69) is 57.1 Å². The van der Waals surface area contributed by atoms with Crippen LogP contribution in [0.1, 0.15) is 30.3 Å². The van der Waals surface area contributed by atoms with Gasteiger partial charge < -0.3 is 18.6 Å². The first kappa shape index (κ1) is 20.7. The Kier molecular flexibility index (Phi) is 5.87. The first-order chi connectivity index (χ1) is 15.7. The summed E-state index contributed by atoms with van der Waals surface area (Å²) in [6.07, 6.45) is 6.06. The van der Waals surface area contributed by atoms with Gasteiger partial charge in [0, 0.05) is 55.6 Å². The number of benzene rings is 1. The Morgan fingerprint density at radius 1 is 1.16 bits per heavy atom. The lowest BCUT2D eigenvalue weighted by Gasteiger charge is -2.21. The topological polar surface area (TPSA) is 78.4 Å². The molecule has 8 heteroatoms. The molecule has 0 N–H and O–H groups in total. The highest BCUT2D eigenvalue weighted by atomic mass is 16.5. The van der Waals surface area contributed by atoms with E-state index < -0.39 is 0 Å². The lowest BCUT2D eigenvalue weighted by Crippen LogP contribution is -2.22. The van der Waals surface area contributed by atoms with Crippen molar-refractivity contribution in [1.82, 2.24) is 24.6 Å². The van der Waals surface area contributed by atoms with Crippen molar-refractivity contribution >= 4 is 10.9 Å². The molecule has 4 heterocycles. The number of likely N-dealkylation sites (tertiary alicyclic amines) is 1. The molecule has 5 rings (SSSR count). The van der Waals surface area contributed by atoms with Gasteiger partial charge in [-0.15, -0.1) is 0 Å². The van der Waals surface area contributed by atoms with Crippen LogP contribution in [0.2, 0.25) is 0 Å². The third-order valence-electron chi connectivity index (χ3n) is 5.98. The van der Waals surface area contributed by atoms with Crippen molar-refractivity contribution in [1.29, 1.82) is 0 Å². The number of nitrogens with zero attached hydrogens (tertiary/aromatic N) is 5. The molecule has 0 radical (unpaired) electrons. The van der Waals surface area contributed by atoms with Gasteiger partial charge in [0.05, 0.1) is 12.6 Å². The molecule has 1 atom stereocenters. The molecule has 4 aromatic rings. The predicted molar refractivity (Wildman–Crippen MR) is 120 cm³/mol. The highest BCUT2D eigenvalue weighted by Gasteiger charge is 2.31. The zero-order valence-corrected chi connectivity index (χ0v) is 18.4. The van der Waals surface area contributed by atoms with E-state index in [-0.39, 0.29) is 6.04 Å². The Bertz CT molecular complexity index is 1180. The van der Waals surface area contributed by atoms with Crippen LogP contribution in [0.3, 0.4) is 0 Å². The Hall–Kier alpha value is -3.23. The number of aryl methyl sites for hydroxylation is 1. The van der Waals surface area contributed by atoms with E-state index in [0.29, 0.717) is 30.8 Å². The minimum atomic E-state index is 0.125. The van der Waals surface area contributed by atoms with E-state index in [1.165, 1.54) is 16.5 Å². The van der Waals surface area contributed by atoms with Gasteiger partial charge in [-0.25, -0.2) is 4.98 Å². The third-order valence-corrected chi connectivity index (χ3v) is 5.98. The van der Waals surface area contributed by atoms with Crippen molar-refractivity contribution in [2.24, 2.45) is 7.05 Å². The van der Waals surface area contributed by atoms with Gasteiger partial charge in [0.2, 0.25) is 17.6 Å². The lowest BCUT2D eigenvalue weighted by atomic mass is 10.1. The highest BCUT2D eigenvalue weighted by Crippen LogP contribution is 2.34. The molecule has 0 amide bonds. The molecule has 1 unspecified atom stereocenters. The van der Waals surface area contributed by atoms with Crippen LogP contribution in [-0.4, -0.2) is 51.5 Å². The smallest absolute Gasteiger partial charge is 0.244 e. The zero-order valence-electron chi connectivity index (χ0n) is 18.4. The summed E-state index contributed by atoms with van der Waals surface area (Å²) in [5.41, 5.74) is 3.38. The van der Waals surface area contributed by atoms with Gasteiger partial charge in [-0.2, -0.15) is 4.98 Å². The Morgan fingerprint density at radius 2 is 2.06 bits per heavy atom. The molecule has 0 spiro atoms. The highest BCUT2D eigenvalue weighted by molar-refractivity contribution is 5.83. The van der Waals surface area contributed by atoms with Gasteiger partial charge >= 0.3 is 0 Å². The fraction of sp³-hybridized carbons (Fsp3) is 0.375. The molecular weight excluding hydrogens is 406 g/mol. The number of rotatable bonds is 8. The first-order valence-electron chi connectivity index (χ1n) is 10.9. The van der Waals surface area contributed by atoms with Crippen molar-refractivity contribution in [2.75, 3.05) is 26.9 Å². The van der Waals surface area contributed by atoms with E-state index in [4.69, 9.17) is 19.0 Å². The molecule has 8 nitrogen and oxygen atoms in total. The first-order valence-corrected chi connectivity index (χ1v) is 10.9. The number of aromatic nitrogens is 4. The van der Waals surface area contributed by atoms with E-state index in [1.807, 2.05) is 12.1 Å². The quantitative estimate of drug-likeness (QED) is 0.389. The third kappa shape index (κ3) is 4.11. The van der Waals surface area contributed by atoms with E-state index in [1.54, 1.807) is 13.3 Å². The molecule has 1 aliphatic rings. The average Bonchev–Trinajstić information content (AvgIpc) is 3.55. The van der Waals surface area contributed by atoms with E-state index >= 15 is 0 Å². The molecular formula is C24H27N5O3. The minimum absolute atomic E-state index is 0.125. The molecule has 1 fully saturated rings. The summed E-state index contributed by atoms with van der Waals surface area (Å²) >= 11 is 0. The molecule has 0 aliphatic carbocycles. The van der Waals surface area contributed by atoms with Crippen LogP contribution >= 0.6 is 0 Å². The molecule has 0 bridgehead atoms. The lowest BCUT2D eigenvalue weighted by molar-refractivity contribution is 0.144. The Labute approximate surface area is 186 Å². The van der Waals surface area contributed by atoms with Crippen LogP contribution in [0.5, 0.6) is 5.88 Å². The van der Waals surface area contributed by atoms with Gasteiger partial charge in [0.15, 0.2) is 0 Å². The van der Waals surface area contributed by atoms with Gasteiger partial charge in [-0.1, -0.05) is 23.4 Å². The van der Waals surface area contributed by atoms with Gasteiger partial charge in [-0.05, 0) is 37.1 Å². The van der Waals surface area contributed by atoms with Gasteiger partial charge in [-0.3, -0.25) is 4.90 Å². The molecule has 1 aliphatic heterocycles. The largest absolute Gasteiger partial charge is 0.475 e. The minimum Gasteiger partial charge on any atom is -0.475 e. The Morgan fingerprint density at radius 3 is 2.91 bits per heavy atom. The van der Waals surface area contributed by atoms with Crippen LogP contribution < -0.4 is 4.74 Å². The van der Waals surface area contributed by atoms with Crippen molar-refractivity contribution < 1.29 is 14.0 Å². The fourth-order valence-electron chi connectivity index (χ4n) is 4.38. The molecule has 0 saturated carbocycles. The van der Waals surface area contributed by atoms with E-state index in [9.17, 15) is 0 Å². The van der Waals surface area contributed by atoms with Crippen molar-refractivity contribution in [3.8, 4) is 17.3 Å². The van der Waals surface area contributed by atoms with Crippen molar-refractivity contribution in [3.05, 3.63) is 60.2 Å². The summed E-state index contributed by atoms with van der Waals surface area (Å²) in [5.74, 6) is 1.76. The summed E-state index contributed by atoms with van der Waals surface area (Å²) in [6.45, 7) is 2.86. The monoisotopic (exact) mass is 433 g/mol.